The molecular formula is C12H12ClF3O3. The van der Waals surface area contributed by atoms with Crippen molar-refractivity contribution in [3.8, 4) is 5.75 Å². The van der Waals surface area contributed by atoms with Gasteiger partial charge in [0.05, 0.1) is 18.9 Å². The number of hydrogen-bond acceptors (Lipinski definition) is 2. The molecule has 0 saturated heterocycles. The monoisotopic (exact) mass is 296 g/mol. The van der Waals surface area contributed by atoms with Crippen molar-refractivity contribution in [2.75, 3.05) is 6.61 Å². The number of carboxylic acids is 1. The second kappa shape index (κ2) is 6.65. The van der Waals surface area contributed by atoms with E-state index in [4.69, 9.17) is 21.4 Å². The summed E-state index contributed by atoms with van der Waals surface area (Å²) >= 11 is 5.64. The molecule has 0 amide bonds. The summed E-state index contributed by atoms with van der Waals surface area (Å²) in [6.07, 6.45) is -5.90. The Balaban J connectivity index is 2.48. The van der Waals surface area contributed by atoms with Crippen molar-refractivity contribution >= 4 is 17.6 Å². The molecule has 0 aliphatic rings. The zero-order valence-corrected chi connectivity index (χ0v) is 10.5. The smallest absolute Gasteiger partial charge is 0.392 e. The number of alkyl halides is 3. The van der Waals surface area contributed by atoms with E-state index < -0.39 is 30.9 Å². The average Bonchev–Trinajstić information content (AvgIpc) is 2.28. The lowest BCUT2D eigenvalue weighted by atomic mass is 10.0. The predicted molar refractivity (Wildman–Crippen MR) is 63.4 cm³/mol. The number of ether oxygens (including phenoxy) is 1. The van der Waals surface area contributed by atoms with Crippen LogP contribution in [-0.4, -0.2) is 23.9 Å². The minimum Gasteiger partial charge on any atom is -0.494 e. The second-order valence-corrected chi connectivity index (χ2v) is 4.36. The van der Waals surface area contributed by atoms with Gasteiger partial charge in [-0.05, 0) is 30.7 Å². The van der Waals surface area contributed by atoms with Crippen molar-refractivity contribution in [2.24, 2.45) is 5.92 Å². The minimum absolute atomic E-state index is 0.209. The van der Waals surface area contributed by atoms with Crippen LogP contribution in [-0.2, 0) is 4.79 Å². The van der Waals surface area contributed by atoms with Crippen molar-refractivity contribution in [1.82, 2.24) is 0 Å². The van der Waals surface area contributed by atoms with Gasteiger partial charge in [-0.1, -0.05) is 11.6 Å². The third-order valence-electron chi connectivity index (χ3n) is 2.43. The van der Waals surface area contributed by atoms with Gasteiger partial charge in [-0.25, -0.2) is 0 Å². The van der Waals surface area contributed by atoms with Crippen molar-refractivity contribution in [3.63, 3.8) is 0 Å². The van der Waals surface area contributed by atoms with Crippen molar-refractivity contribution in [1.29, 1.82) is 0 Å². The molecule has 1 N–H and O–H groups in total. The van der Waals surface area contributed by atoms with Crippen LogP contribution in [0.3, 0.4) is 0 Å². The maximum atomic E-state index is 12.5. The summed E-state index contributed by atoms with van der Waals surface area (Å²) in [5.41, 5.74) is 0. The maximum absolute atomic E-state index is 12.5. The predicted octanol–water partition coefficient (Wildman–Crippen LogP) is 3.76. The number of hydrogen-bond donors (Lipinski definition) is 1. The number of carboxylic acid groups (broad SMARTS) is 1. The normalized spacial score (nSPS) is 13.1. The molecule has 1 aromatic carbocycles. The molecule has 3 nitrogen and oxygen atoms in total. The van der Waals surface area contributed by atoms with E-state index in [2.05, 4.69) is 0 Å². The van der Waals surface area contributed by atoms with Crippen molar-refractivity contribution in [3.05, 3.63) is 29.3 Å². The minimum atomic E-state index is -4.54. The van der Waals surface area contributed by atoms with E-state index in [1.54, 1.807) is 12.1 Å². The first kappa shape index (κ1) is 15.6. The molecule has 1 rings (SSSR count). The van der Waals surface area contributed by atoms with Gasteiger partial charge in [-0.2, -0.15) is 13.2 Å². The highest BCUT2D eigenvalue weighted by Gasteiger charge is 2.40. The van der Waals surface area contributed by atoms with Crippen molar-refractivity contribution < 1.29 is 27.8 Å². The number of carbonyl (C=O) groups is 1. The quantitative estimate of drug-likeness (QED) is 0.869. The average molecular weight is 297 g/mol. The lowest BCUT2D eigenvalue weighted by Gasteiger charge is -2.18. The molecule has 1 unspecified atom stereocenters. The van der Waals surface area contributed by atoms with E-state index in [9.17, 15) is 18.0 Å². The van der Waals surface area contributed by atoms with Gasteiger partial charge < -0.3 is 9.84 Å². The molecule has 0 saturated carbocycles. The van der Waals surface area contributed by atoms with Gasteiger partial charge >= 0.3 is 12.1 Å². The first-order chi connectivity index (χ1) is 8.79. The Morgan fingerprint density at radius 3 is 2.37 bits per heavy atom. The highest BCUT2D eigenvalue weighted by molar-refractivity contribution is 6.30. The van der Waals surface area contributed by atoms with E-state index in [0.717, 1.165) is 0 Å². The van der Waals surface area contributed by atoms with E-state index in [0.29, 0.717) is 10.8 Å². The largest absolute Gasteiger partial charge is 0.494 e. The highest BCUT2D eigenvalue weighted by Crippen LogP contribution is 2.31. The summed E-state index contributed by atoms with van der Waals surface area (Å²) in [7, 11) is 0. The van der Waals surface area contributed by atoms with E-state index in [1.165, 1.54) is 12.1 Å². The Morgan fingerprint density at radius 2 is 1.89 bits per heavy atom. The molecule has 0 aliphatic heterocycles. The van der Waals surface area contributed by atoms with Crippen LogP contribution < -0.4 is 4.74 Å². The summed E-state index contributed by atoms with van der Waals surface area (Å²) in [5, 5.41) is 8.93. The molecule has 1 atom stereocenters. The standard InChI is InChI=1S/C12H12ClF3O3/c13-9-1-3-10(4-2-9)19-6-5-8(7-11(17)18)12(14,15)16/h1-4,8H,5-7H2,(H,17,18). The van der Waals surface area contributed by atoms with Gasteiger partial charge in [0.1, 0.15) is 5.75 Å². The maximum Gasteiger partial charge on any atom is 0.392 e. The molecule has 0 aliphatic carbocycles. The molecule has 0 heterocycles. The van der Waals surface area contributed by atoms with Gasteiger partial charge in [0.25, 0.3) is 0 Å². The van der Waals surface area contributed by atoms with Crippen LogP contribution >= 0.6 is 11.6 Å². The highest BCUT2D eigenvalue weighted by atomic mass is 35.5. The molecular weight excluding hydrogens is 285 g/mol. The number of benzene rings is 1. The third kappa shape index (κ3) is 5.83. The summed E-state index contributed by atoms with van der Waals surface area (Å²) in [6.45, 7) is -0.209. The Kier molecular flexibility index (Phi) is 5.47. The molecule has 1 aromatic rings. The lowest BCUT2D eigenvalue weighted by Crippen LogP contribution is -2.27. The summed E-state index contributed by atoms with van der Waals surface area (Å²) in [5.74, 6) is -2.99. The Labute approximate surface area is 112 Å². The molecule has 19 heavy (non-hydrogen) atoms. The molecule has 0 aromatic heterocycles. The van der Waals surface area contributed by atoms with Gasteiger partial charge in [0.15, 0.2) is 0 Å². The van der Waals surface area contributed by atoms with Gasteiger partial charge in [-0.3, -0.25) is 4.79 Å². The molecule has 0 bridgehead atoms. The first-order valence-electron chi connectivity index (χ1n) is 5.46. The fourth-order valence-corrected chi connectivity index (χ4v) is 1.57. The van der Waals surface area contributed by atoms with E-state index in [-0.39, 0.29) is 6.61 Å². The van der Waals surface area contributed by atoms with Crippen LogP contribution in [0.15, 0.2) is 24.3 Å². The zero-order valence-electron chi connectivity index (χ0n) is 9.78. The van der Waals surface area contributed by atoms with Crippen LogP contribution in [0.25, 0.3) is 0 Å². The van der Waals surface area contributed by atoms with E-state index >= 15 is 0 Å². The molecule has 0 spiro atoms. The topological polar surface area (TPSA) is 46.5 Å². The summed E-state index contributed by atoms with van der Waals surface area (Å²) in [4.78, 5) is 10.4. The Morgan fingerprint density at radius 1 is 1.32 bits per heavy atom. The van der Waals surface area contributed by atoms with Crippen LogP contribution in [0.2, 0.25) is 5.02 Å². The van der Waals surface area contributed by atoms with Gasteiger partial charge in [-0.15, -0.1) is 0 Å². The van der Waals surface area contributed by atoms with Crippen LogP contribution in [0.5, 0.6) is 5.75 Å². The number of halogens is 4. The Bertz CT molecular complexity index is 417. The van der Waals surface area contributed by atoms with E-state index in [1.807, 2.05) is 0 Å². The SMILES string of the molecule is O=C(O)CC(CCOc1ccc(Cl)cc1)C(F)(F)F. The van der Waals surface area contributed by atoms with Gasteiger partial charge in [0, 0.05) is 5.02 Å². The fourth-order valence-electron chi connectivity index (χ4n) is 1.44. The Hall–Kier alpha value is -1.43. The molecule has 0 radical (unpaired) electrons. The van der Waals surface area contributed by atoms with Crippen molar-refractivity contribution in [2.45, 2.75) is 19.0 Å². The zero-order chi connectivity index (χ0) is 14.5. The number of aliphatic carboxylic acids is 1. The van der Waals surface area contributed by atoms with Crippen LogP contribution in [0.4, 0.5) is 13.2 Å². The third-order valence-corrected chi connectivity index (χ3v) is 2.68. The number of rotatable bonds is 6. The molecule has 0 fully saturated rings. The summed E-state index contributed by atoms with van der Waals surface area (Å²) in [6, 6.07) is 6.16. The lowest BCUT2D eigenvalue weighted by molar-refractivity contribution is -0.185. The first-order valence-corrected chi connectivity index (χ1v) is 5.83. The second-order valence-electron chi connectivity index (χ2n) is 3.93. The van der Waals surface area contributed by atoms with Crippen LogP contribution in [0.1, 0.15) is 12.8 Å². The molecule has 106 valence electrons. The molecule has 7 heteroatoms. The fraction of sp³-hybridized carbons (Fsp3) is 0.417. The van der Waals surface area contributed by atoms with Crippen LogP contribution in [0, 0.1) is 5.92 Å². The summed E-state index contributed by atoms with van der Waals surface area (Å²) < 4.78 is 42.7. The van der Waals surface area contributed by atoms with Gasteiger partial charge in [0.2, 0.25) is 0 Å².